The monoisotopic (exact) mass is 351 g/mol. The molecular weight excluding hydrogens is 322 g/mol. The average molecular weight is 351 g/mol. The van der Waals surface area contributed by atoms with Crippen LogP contribution in [0.15, 0.2) is 12.2 Å². The zero-order chi connectivity index (χ0) is 18.8. The number of rotatable bonds is 11. The predicted molar refractivity (Wildman–Crippen MR) is 98.2 cm³/mol. The molecule has 0 saturated heterocycles. The molecule has 0 bridgehead atoms. The van der Waals surface area contributed by atoms with E-state index in [-0.39, 0.29) is 19.2 Å². The van der Waals surface area contributed by atoms with Crippen LogP contribution >= 0.6 is 0 Å². The first kappa shape index (κ1) is 20.7. The summed E-state index contributed by atoms with van der Waals surface area (Å²) < 4.78 is 10.6. The van der Waals surface area contributed by atoms with E-state index in [9.17, 15) is 4.79 Å². The van der Waals surface area contributed by atoms with Gasteiger partial charge >= 0.3 is 12.0 Å². The first-order chi connectivity index (χ1) is 12.0. The summed E-state index contributed by atoms with van der Waals surface area (Å²) in [5, 5.41) is 0. The highest BCUT2D eigenvalue weighted by molar-refractivity contribution is 5.86. The van der Waals surface area contributed by atoms with Crippen molar-refractivity contribution >= 4 is 17.9 Å². The van der Waals surface area contributed by atoms with E-state index in [1.165, 1.54) is 0 Å². The number of carbonyl (C=O) groups is 1. The summed E-state index contributed by atoms with van der Waals surface area (Å²) >= 11 is 0. The summed E-state index contributed by atoms with van der Waals surface area (Å²) in [7, 11) is 0. The molecule has 0 fully saturated rings. The number of anilines is 2. The van der Waals surface area contributed by atoms with Crippen LogP contribution in [-0.2, 0) is 9.53 Å². The van der Waals surface area contributed by atoms with Gasteiger partial charge in [0.05, 0.1) is 0 Å². The molecule has 1 heterocycles. The Kier molecular flexibility index (Phi) is 8.66. The summed E-state index contributed by atoms with van der Waals surface area (Å²) in [6.07, 6.45) is 0. The molecule has 0 aliphatic heterocycles. The Morgan fingerprint density at radius 1 is 0.920 bits per heavy atom. The van der Waals surface area contributed by atoms with Crippen molar-refractivity contribution < 1.29 is 14.3 Å². The van der Waals surface area contributed by atoms with E-state index < -0.39 is 5.97 Å². The number of nitrogens with zero attached hydrogens (tertiary/aromatic N) is 5. The lowest BCUT2D eigenvalue weighted by molar-refractivity contribution is -0.139. The molecule has 1 aromatic heterocycles. The third-order valence-corrected chi connectivity index (χ3v) is 3.58. The van der Waals surface area contributed by atoms with Gasteiger partial charge in [0.1, 0.15) is 13.2 Å². The molecule has 0 radical (unpaired) electrons. The maximum Gasteiger partial charge on any atom is 0.333 e. The molecule has 0 aliphatic carbocycles. The van der Waals surface area contributed by atoms with Crippen LogP contribution < -0.4 is 14.5 Å². The minimum atomic E-state index is -0.438. The zero-order valence-corrected chi connectivity index (χ0v) is 15.9. The quantitative estimate of drug-likeness (QED) is 0.340. The maximum absolute atomic E-state index is 11.4. The highest BCUT2D eigenvalue weighted by Crippen LogP contribution is 2.17. The summed E-state index contributed by atoms with van der Waals surface area (Å²) in [6, 6.07) is 0.227. The van der Waals surface area contributed by atoms with Gasteiger partial charge in [-0.05, 0) is 34.6 Å². The molecule has 1 aromatic rings. The van der Waals surface area contributed by atoms with Gasteiger partial charge in [-0.15, -0.1) is 0 Å². The Labute approximate surface area is 149 Å². The molecule has 0 spiro atoms. The average Bonchev–Trinajstić information content (AvgIpc) is 2.60. The summed E-state index contributed by atoms with van der Waals surface area (Å²) in [4.78, 5) is 28.7. The lowest BCUT2D eigenvalue weighted by atomic mass is 10.4. The molecule has 0 aromatic carbocycles. The molecule has 0 amide bonds. The Morgan fingerprint density at radius 2 is 1.40 bits per heavy atom. The Bertz CT molecular complexity index is 541. The molecule has 8 heteroatoms. The second-order valence-electron chi connectivity index (χ2n) is 5.33. The van der Waals surface area contributed by atoms with Crippen molar-refractivity contribution in [1.82, 2.24) is 15.0 Å². The zero-order valence-electron chi connectivity index (χ0n) is 15.9. The second kappa shape index (κ2) is 10.5. The summed E-state index contributed by atoms with van der Waals surface area (Å²) in [5.41, 5.74) is 0.354. The summed E-state index contributed by atoms with van der Waals surface area (Å²) in [5.74, 6) is 0.721. The van der Waals surface area contributed by atoms with Crippen molar-refractivity contribution in [3.63, 3.8) is 0 Å². The third kappa shape index (κ3) is 6.21. The van der Waals surface area contributed by atoms with Crippen LogP contribution in [0.3, 0.4) is 0 Å². The van der Waals surface area contributed by atoms with E-state index in [1.54, 1.807) is 6.92 Å². The molecule has 1 rings (SSSR count). The fourth-order valence-electron chi connectivity index (χ4n) is 2.09. The second-order valence-corrected chi connectivity index (χ2v) is 5.33. The van der Waals surface area contributed by atoms with E-state index in [1.807, 2.05) is 37.5 Å². The van der Waals surface area contributed by atoms with Crippen molar-refractivity contribution in [1.29, 1.82) is 0 Å². The minimum absolute atomic E-state index is 0.110. The van der Waals surface area contributed by atoms with Crippen LogP contribution in [0.25, 0.3) is 0 Å². The number of ether oxygens (including phenoxy) is 2. The molecule has 25 heavy (non-hydrogen) atoms. The maximum atomic E-state index is 11.4. The van der Waals surface area contributed by atoms with Gasteiger partial charge in [0.25, 0.3) is 0 Å². The van der Waals surface area contributed by atoms with Gasteiger partial charge in [-0.2, -0.15) is 15.0 Å². The molecule has 0 atom stereocenters. The predicted octanol–water partition coefficient (Wildman–Crippen LogP) is 2.06. The smallest absolute Gasteiger partial charge is 0.333 e. The van der Waals surface area contributed by atoms with E-state index in [0.29, 0.717) is 17.5 Å². The van der Waals surface area contributed by atoms with Crippen LogP contribution in [0.5, 0.6) is 6.01 Å². The van der Waals surface area contributed by atoms with Gasteiger partial charge in [0.15, 0.2) is 0 Å². The normalized spacial score (nSPS) is 10.3. The number of esters is 1. The van der Waals surface area contributed by atoms with E-state index in [2.05, 4.69) is 21.5 Å². The van der Waals surface area contributed by atoms with Crippen molar-refractivity contribution in [2.24, 2.45) is 0 Å². The number of aromatic nitrogens is 3. The minimum Gasteiger partial charge on any atom is -0.460 e. The van der Waals surface area contributed by atoms with Crippen molar-refractivity contribution in [2.75, 3.05) is 49.2 Å². The van der Waals surface area contributed by atoms with Crippen molar-refractivity contribution in [2.45, 2.75) is 34.6 Å². The lowest BCUT2D eigenvalue weighted by Gasteiger charge is -2.23. The van der Waals surface area contributed by atoms with E-state index in [0.717, 1.165) is 26.2 Å². The molecule has 0 N–H and O–H groups in total. The van der Waals surface area contributed by atoms with Crippen molar-refractivity contribution in [3.05, 3.63) is 12.2 Å². The highest BCUT2D eigenvalue weighted by Gasteiger charge is 2.15. The fraction of sp³-hybridized carbons (Fsp3) is 0.647. The summed E-state index contributed by atoms with van der Waals surface area (Å²) in [6.45, 7) is 16.7. The molecule has 8 nitrogen and oxygen atoms in total. The number of carbonyl (C=O) groups excluding carboxylic acids is 1. The van der Waals surface area contributed by atoms with E-state index >= 15 is 0 Å². The van der Waals surface area contributed by atoms with Gasteiger partial charge in [-0.1, -0.05) is 6.58 Å². The van der Waals surface area contributed by atoms with Crippen molar-refractivity contribution in [3.8, 4) is 6.01 Å². The van der Waals surface area contributed by atoms with Gasteiger partial charge in [-0.3, -0.25) is 0 Å². The standard InChI is InChI=1S/C17H29N5O3/c1-7-21(8-2)15-18-16(22(9-3)10-4)20-17(19-15)25-12-11-24-14(23)13(5)6/h5,7-12H2,1-4,6H3. The molecule has 0 unspecified atom stereocenters. The third-order valence-electron chi connectivity index (χ3n) is 3.58. The Balaban J connectivity index is 2.89. The molecular formula is C17H29N5O3. The molecule has 140 valence electrons. The van der Waals surface area contributed by atoms with Gasteiger partial charge in [0, 0.05) is 31.8 Å². The number of hydrogen-bond donors (Lipinski definition) is 0. The largest absolute Gasteiger partial charge is 0.460 e. The lowest BCUT2D eigenvalue weighted by Crippen LogP contribution is -2.29. The first-order valence-corrected chi connectivity index (χ1v) is 8.68. The first-order valence-electron chi connectivity index (χ1n) is 8.68. The Hall–Kier alpha value is -2.38. The van der Waals surface area contributed by atoms with Crippen LogP contribution in [0.1, 0.15) is 34.6 Å². The van der Waals surface area contributed by atoms with Crippen LogP contribution in [0.2, 0.25) is 0 Å². The SMILES string of the molecule is C=C(C)C(=O)OCCOc1nc(N(CC)CC)nc(N(CC)CC)n1. The fourth-order valence-corrected chi connectivity index (χ4v) is 2.09. The van der Waals surface area contributed by atoms with Gasteiger partial charge in [-0.25, -0.2) is 4.79 Å². The molecule has 0 aliphatic rings. The van der Waals surface area contributed by atoms with E-state index in [4.69, 9.17) is 9.47 Å². The van der Waals surface area contributed by atoms with Crippen LogP contribution in [0, 0.1) is 0 Å². The van der Waals surface area contributed by atoms with Crippen LogP contribution in [0.4, 0.5) is 11.9 Å². The topological polar surface area (TPSA) is 80.7 Å². The van der Waals surface area contributed by atoms with Gasteiger partial charge in [0.2, 0.25) is 11.9 Å². The Morgan fingerprint density at radius 3 is 1.80 bits per heavy atom. The number of hydrogen-bond acceptors (Lipinski definition) is 8. The van der Waals surface area contributed by atoms with Crippen LogP contribution in [-0.4, -0.2) is 60.3 Å². The van der Waals surface area contributed by atoms with Gasteiger partial charge < -0.3 is 19.3 Å². The molecule has 0 saturated carbocycles. The highest BCUT2D eigenvalue weighted by atomic mass is 16.6.